The molecule has 23 heavy (non-hydrogen) atoms. The standard InChI is InChI=1S/C17H25N3O3/c1-12-5-6-13(11-14(12)18)15(21)19-7-9-20(10-8-19)23-16(22)17(2,3)4/h5-6,11H,7-10,18H2,1-4H3. The SMILES string of the molecule is Cc1ccc(C(=O)N2CCN(OC(=O)C(C)(C)C)CC2)cc1N. The van der Waals surface area contributed by atoms with Gasteiger partial charge in [-0.05, 0) is 45.4 Å². The molecule has 2 N–H and O–H groups in total. The Bertz CT molecular complexity index is 600. The number of nitrogen functional groups attached to an aromatic ring is 1. The second-order valence-corrected chi connectivity index (χ2v) is 6.92. The Labute approximate surface area is 137 Å². The summed E-state index contributed by atoms with van der Waals surface area (Å²) < 4.78 is 0. The predicted octanol–water partition coefficient (Wildman–Crippen LogP) is 1.84. The summed E-state index contributed by atoms with van der Waals surface area (Å²) >= 11 is 0. The summed E-state index contributed by atoms with van der Waals surface area (Å²) in [6.07, 6.45) is 0. The van der Waals surface area contributed by atoms with Gasteiger partial charge in [0.15, 0.2) is 0 Å². The molecule has 1 amide bonds. The Morgan fingerprint density at radius 1 is 1.13 bits per heavy atom. The highest BCUT2D eigenvalue weighted by atomic mass is 16.7. The number of hydrogen-bond donors (Lipinski definition) is 1. The minimum Gasteiger partial charge on any atom is -0.398 e. The first-order valence-electron chi connectivity index (χ1n) is 7.81. The number of rotatable bonds is 2. The van der Waals surface area contributed by atoms with Crippen molar-refractivity contribution < 1.29 is 14.4 Å². The van der Waals surface area contributed by atoms with Crippen LogP contribution in [0.1, 0.15) is 36.7 Å². The molecule has 0 saturated carbocycles. The van der Waals surface area contributed by atoms with Gasteiger partial charge in [-0.1, -0.05) is 6.07 Å². The van der Waals surface area contributed by atoms with Gasteiger partial charge in [-0.15, -0.1) is 5.06 Å². The van der Waals surface area contributed by atoms with E-state index in [2.05, 4.69) is 0 Å². The maximum atomic E-state index is 12.5. The highest BCUT2D eigenvalue weighted by molar-refractivity contribution is 5.95. The molecule has 1 aromatic carbocycles. The van der Waals surface area contributed by atoms with E-state index in [1.165, 1.54) is 0 Å². The van der Waals surface area contributed by atoms with Crippen LogP contribution < -0.4 is 5.73 Å². The number of hydroxylamine groups is 2. The van der Waals surface area contributed by atoms with Gasteiger partial charge in [0.1, 0.15) is 0 Å². The fraction of sp³-hybridized carbons (Fsp3) is 0.529. The third-order valence-electron chi connectivity index (χ3n) is 3.88. The first-order chi connectivity index (χ1) is 10.7. The fourth-order valence-corrected chi connectivity index (χ4v) is 2.19. The molecule has 0 bridgehead atoms. The lowest BCUT2D eigenvalue weighted by molar-refractivity contribution is -0.205. The highest BCUT2D eigenvalue weighted by Crippen LogP contribution is 2.18. The number of carbonyl (C=O) groups is 2. The van der Waals surface area contributed by atoms with Crippen molar-refractivity contribution in [2.75, 3.05) is 31.9 Å². The third-order valence-corrected chi connectivity index (χ3v) is 3.88. The van der Waals surface area contributed by atoms with Crippen LogP contribution in [0.2, 0.25) is 0 Å². The highest BCUT2D eigenvalue weighted by Gasteiger charge is 2.29. The minimum atomic E-state index is -0.535. The van der Waals surface area contributed by atoms with Gasteiger partial charge >= 0.3 is 5.97 Å². The zero-order valence-corrected chi connectivity index (χ0v) is 14.3. The molecule has 0 atom stereocenters. The average molecular weight is 319 g/mol. The van der Waals surface area contributed by atoms with Gasteiger partial charge in [0.25, 0.3) is 5.91 Å². The Balaban J connectivity index is 1.92. The van der Waals surface area contributed by atoms with Crippen LogP contribution in [0.15, 0.2) is 18.2 Å². The molecule has 0 aliphatic carbocycles. The number of anilines is 1. The van der Waals surface area contributed by atoms with Crippen molar-refractivity contribution in [3.63, 3.8) is 0 Å². The number of hydrogen-bond acceptors (Lipinski definition) is 5. The Morgan fingerprint density at radius 3 is 2.26 bits per heavy atom. The lowest BCUT2D eigenvalue weighted by Gasteiger charge is -2.34. The zero-order valence-electron chi connectivity index (χ0n) is 14.3. The summed E-state index contributed by atoms with van der Waals surface area (Å²) in [5.41, 5.74) is 7.50. The molecular weight excluding hydrogens is 294 g/mol. The molecular formula is C17H25N3O3. The van der Waals surface area contributed by atoms with E-state index in [0.717, 1.165) is 5.56 Å². The normalized spacial score (nSPS) is 16.3. The number of benzene rings is 1. The topological polar surface area (TPSA) is 75.9 Å². The van der Waals surface area contributed by atoms with Crippen molar-refractivity contribution in [2.45, 2.75) is 27.7 Å². The number of piperazine rings is 1. The molecule has 126 valence electrons. The van der Waals surface area contributed by atoms with Gasteiger partial charge in [-0.3, -0.25) is 4.79 Å². The third kappa shape index (κ3) is 4.22. The van der Waals surface area contributed by atoms with Gasteiger partial charge in [-0.2, -0.15) is 0 Å². The van der Waals surface area contributed by atoms with Crippen molar-refractivity contribution in [3.8, 4) is 0 Å². The predicted molar refractivity (Wildman–Crippen MR) is 88.6 cm³/mol. The molecule has 0 aromatic heterocycles. The largest absolute Gasteiger partial charge is 0.398 e. The Hall–Kier alpha value is -2.08. The van der Waals surface area contributed by atoms with Crippen molar-refractivity contribution >= 4 is 17.6 Å². The summed E-state index contributed by atoms with van der Waals surface area (Å²) in [4.78, 5) is 31.5. The molecule has 1 aliphatic rings. The Kier molecular flexibility index (Phi) is 4.94. The van der Waals surface area contributed by atoms with Crippen LogP contribution in [-0.2, 0) is 9.63 Å². The summed E-state index contributed by atoms with van der Waals surface area (Å²) in [5.74, 6) is -0.304. The van der Waals surface area contributed by atoms with Crippen LogP contribution in [0.3, 0.4) is 0 Å². The molecule has 0 unspecified atom stereocenters. The minimum absolute atomic E-state index is 0.0431. The van der Waals surface area contributed by atoms with E-state index in [4.69, 9.17) is 10.6 Å². The average Bonchev–Trinajstić information content (AvgIpc) is 2.49. The fourth-order valence-electron chi connectivity index (χ4n) is 2.19. The first-order valence-corrected chi connectivity index (χ1v) is 7.81. The molecule has 0 radical (unpaired) electrons. The molecule has 1 heterocycles. The number of aryl methyl sites for hydroxylation is 1. The first kappa shape index (κ1) is 17.3. The van der Waals surface area contributed by atoms with Crippen LogP contribution in [0, 0.1) is 12.3 Å². The van der Waals surface area contributed by atoms with Gasteiger partial charge in [0.05, 0.1) is 18.5 Å². The van der Waals surface area contributed by atoms with Gasteiger partial charge in [0.2, 0.25) is 0 Å². The van der Waals surface area contributed by atoms with Crippen molar-refractivity contribution in [3.05, 3.63) is 29.3 Å². The second-order valence-electron chi connectivity index (χ2n) is 6.92. The van der Waals surface area contributed by atoms with E-state index in [0.29, 0.717) is 37.4 Å². The molecule has 1 saturated heterocycles. The number of carbonyl (C=O) groups excluding carboxylic acids is 2. The van der Waals surface area contributed by atoms with Gasteiger partial charge in [-0.25, -0.2) is 4.79 Å². The summed E-state index contributed by atoms with van der Waals surface area (Å²) in [7, 11) is 0. The van der Waals surface area contributed by atoms with E-state index in [1.54, 1.807) is 22.1 Å². The van der Waals surface area contributed by atoms with Crippen LogP contribution >= 0.6 is 0 Å². The van der Waals surface area contributed by atoms with Gasteiger partial charge < -0.3 is 15.5 Å². The molecule has 0 spiro atoms. The monoisotopic (exact) mass is 319 g/mol. The molecule has 1 aliphatic heterocycles. The summed E-state index contributed by atoms with van der Waals surface area (Å²) in [6.45, 7) is 9.41. The van der Waals surface area contributed by atoms with Gasteiger partial charge in [0, 0.05) is 24.3 Å². The smallest absolute Gasteiger partial charge is 0.330 e. The van der Waals surface area contributed by atoms with Crippen LogP contribution in [0.5, 0.6) is 0 Å². The molecule has 1 aromatic rings. The van der Waals surface area contributed by atoms with Crippen LogP contribution in [0.25, 0.3) is 0 Å². The van der Waals surface area contributed by atoms with E-state index in [9.17, 15) is 9.59 Å². The van der Waals surface area contributed by atoms with E-state index in [-0.39, 0.29) is 11.9 Å². The molecule has 1 fully saturated rings. The number of nitrogens with zero attached hydrogens (tertiary/aromatic N) is 2. The van der Waals surface area contributed by atoms with E-state index in [1.807, 2.05) is 33.8 Å². The quantitative estimate of drug-likeness (QED) is 0.842. The molecule has 2 rings (SSSR count). The lowest BCUT2D eigenvalue weighted by atomic mass is 9.98. The maximum absolute atomic E-state index is 12.5. The lowest BCUT2D eigenvalue weighted by Crippen LogP contribution is -2.49. The van der Waals surface area contributed by atoms with Crippen molar-refractivity contribution in [1.29, 1.82) is 0 Å². The van der Waals surface area contributed by atoms with Crippen molar-refractivity contribution in [1.82, 2.24) is 9.96 Å². The summed E-state index contributed by atoms with van der Waals surface area (Å²) in [5, 5.41) is 1.63. The Morgan fingerprint density at radius 2 is 1.74 bits per heavy atom. The molecule has 6 heteroatoms. The van der Waals surface area contributed by atoms with E-state index < -0.39 is 5.41 Å². The number of amides is 1. The molecule has 6 nitrogen and oxygen atoms in total. The number of nitrogens with two attached hydrogens (primary N) is 1. The van der Waals surface area contributed by atoms with Crippen molar-refractivity contribution in [2.24, 2.45) is 5.41 Å². The van der Waals surface area contributed by atoms with Crippen LogP contribution in [-0.4, -0.2) is 48.0 Å². The summed E-state index contributed by atoms with van der Waals surface area (Å²) in [6, 6.07) is 5.35. The zero-order chi connectivity index (χ0) is 17.2. The maximum Gasteiger partial charge on any atom is 0.330 e. The van der Waals surface area contributed by atoms with Crippen LogP contribution in [0.4, 0.5) is 5.69 Å². The second kappa shape index (κ2) is 6.58. The van der Waals surface area contributed by atoms with E-state index >= 15 is 0 Å².